The Kier molecular flexibility index (Phi) is 5.86. The van der Waals surface area contributed by atoms with Crippen LogP contribution in [-0.4, -0.2) is 23.3 Å². The third kappa shape index (κ3) is 3.97. The van der Waals surface area contributed by atoms with Gasteiger partial charge in [0.15, 0.2) is 0 Å². The Balaban J connectivity index is 1.09. The minimum atomic E-state index is 0.458. The number of imidazole rings is 1. The van der Waals surface area contributed by atoms with Gasteiger partial charge in [-0.3, -0.25) is 4.57 Å². The Morgan fingerprint density at radius 1 is 0.357 bits per heavy atom. The van der Waals surface area contributed by atoms with Gasteiger partial charge in [-0.05, 0) is 91.0 Å². The molecule has 8 aromatic carbocycles. The maximum Gasteiger partial charge on any atom is 0.302 e. The molecule has 0 fully saturated rings. The molecule has 0 saturated heterocycles. The molecule has 0 amide bonds. The maximum absolute atomic E-state index is 6.27. The second kappa shape index (κ2) is 11.0. The summed E-state index contributed by atoms with van der Waals surface area (Å²) < 4.78 is 15.6. The summed E-state index contributed by atoms with van der Waals surface area (Å²) in [4.78, 5) is 4.77. The fourth-order valence-corrected chi connectivity index (χ4v) is 9.48. The number of fused-ring (bicyclic) bond motifs is 14. The fourth-order valence-electron chi connectivity index (χ4n) is 9.48. The number of hydrogen-bond acceptors (Lipinski definition) is 2. The van der Waals surface area contributed by atoms with Gasteiger partial charge >= 0.3 is 6.01 Å². The number of ether oxygens (including phenoxy) is 1. The first-order valence-corrected chi connectivity index (χ1v) is 19.1. The quantitative estimate of drug-likeness (QED) is 0.183. The highest BCUT2D eigenvalue weighted by Gasteiger charge is 2.24. The summed E-state index contributed by atoms with van der Waals surface area (Å²) in [6.45, 7) is 0.458. The van der Waals surface area contributed by atoms with Crippen molar-refractivity contribution in [1.29, 1.82) is 0 Å². The predicted octanol–water partition coefficient (Wildman–Crippen LogP) is 12.2. The third-order valence-corrected chi connectivity index (χ3v) is 11.9. The van der Waals surface area contributed by atoms with Gasteiger partial charge in [0.2, 0.25) is 0 Å². The summed E-state index contributed by atoms with van der Waals surface area (Å²) in [6, 6.07) is 64.4. The molecule has 12 aromatic rings. The van der Waals surface area contributed by atoms with E-state index in [2.05, 4.69) is 182 Å². The lowest BCUT2D eigenvalue weighted by atomic mass is 10.1. The smallest absolute Gasteiger partial charge is 0.302 e. The summed E-state index contributed by atoms with van der Waals surface area (Å²) in [5.74, 6) is 0. The molecular weight excluding hydrogens is 687 g/mol. The first-order valence-electron chi connectivity index (χ1n) is 19.1. The maximum atomic E-state index is 6.27. The van der Waals surface area contributed by atoms with Crippen LogP contribution in [0.5, 0.6) is 6.01 Å². The number of rotatable bonds is 3. The summed E-state index contributed by atoms with van der Waals surface area (Å²) in [5, 5.41) is 7.40. The van der Waals surface area contributed by atoms with Crippen molar-refractivity contribution in [1.82, 2.24) is 23.3 Å². The van der Waals surface area contributed by atoms with Gasteiger partial charge in [0.25, 0.3) is 0 Å². The molecule has 1 aliphatic heterocycles. The van der Waals surface area contributed by atoms with E-state index in [-0.39, 0.29) is 0 Å². The van der Waals surface area contributed by atoms with E-state index in [4.69, 9.17) is 9.72 Å². The molecule has 262 valence electrons. The lowest BCUT2D eigenvalue weighted by Gasteiger charge is -2.21. The average molecular weight is 718 g/mol. The third-order valence-electron chi connectivity index (χ3n) is 11.9. The van der Waals surface area contributed by atoms with E-state index in [9.17, 15) is 0 Å². The van der Waals surface area contributed by atoms with Crippen LogP contribution in [0, 0.1) is 0 Å². The number of para-hydroxylation sites is 6. The van der Waals surface area contributed by atoms with Gasteiger partial charge < -0.3 is 18.4 Å². The van der Waals surface area contributed by atoms with Crippen LogP contribution in [0.25, 0.3) is 99.2 Å². The van der Waals surface area contributed by atoms with E-state index in [0.29, 0.717) is 12.6 Å². The van der Waals surface area contributed by atoms with Crippen molar-refractivity contribution in [3.05, 3.63) is 181 Å². The predicted molar refractivity (Wildman–Crippen MR) is 228 cm³/mol. The Morgan fingerprint density at radius 2 is 0.768 bits per heavy atom. The molecular formula is C50H31N5O. The van der Waals surface area contributed by atoms with Crippen molar-refractivity contribution in [3.8, 4) is 28.8 Å². The topological polar surface area (TPSA) is 41.8 Å². The van der Waals surface area contributed by atoms with Gasteiger partial charge in [-0.25, -0.2) is 0 Å². The Bertz CT molecular complexity index is 3340. The van der Waals surface area contributed by atoms with Crippen LogP contribution in [0.4, 0.5) is 0 Å². The monoisotopic (exact) mass is 717 g/mol. The van der Waals surface area contributed by atoms with Crippen LogP contribution in [0.1, 0.15) is 5.56 Å². The van der Waals surface area contributed by atoms with E-state index in [1.54, 1.807) is 0 Å². The molecule has 0 radical (unpaired) electrons. The molecule has 5 heterocycles. The van der Waals surface area contributed by atoms with Gasteiger partial charge in [0.1, 0.15) is 6.61 Å². The summed E-state index contributed by atoms with van der Waals surface area (Å²) >= 11 is 0. The zero-order valence-corrected chi connectivity index (χ0v) is 30.1. The minimum absolute atomic E-state index is 0.458. The molecule has 6 nitrogen and oxygen atoms in total. The molecule has 13 rings (SSSR count). The lowest BCUT2D eigenvalue weighted by molar-refractivity contribution is 0.265. The van der Waals surface area contributed by atoms with Crippen molar-refractivity contribution in [2.24, 2.45) is 0 Å². The van der Waals surface area contributed by atoms with Crippen molar-refractivity contribution in [2.75, 3.05) is 0 Å². The lowest BCUT2D eigenvalue weighted by Crippen LogP contribution is -2.13. The molecule has 6 heteroatoms. The van der Waals surface area contributed by atoms with Crippen molar-refractivity contribution in [3.63, 3.8) is 0 Å². The highest BCUT2D eigenvalue weighted by atomic mass is 16.5. The molecule has 1 aliphatic rings. The molecule has 56 heavy (non-hydrogen) atoms. The van der Waals surface area contributed by atoms with Crippen LogP contribution in [0.2, 0.25) is 0 Å². The summed E-state index contributed by atoms with van der Waals surface area (Å²) in [7, 11) is 0. The molecule has 0 saturated carbocycles. The van der Waals surface area contributed by atoms with E-state index < -0.39 is 0 Å². The van der Waals surface area contributed by atoms with E-state index >= 15 is 0 Å². The van der Waals surface area contributed by atoms with Crippen LogP contribution in [0.3, 0.4) is 0 Å². The largest absolute Gasteiger partial charge is 0.459 e. The molecule has 4 aromatic heterocycles. The molecule has 0 aliphatic carbocycles. The van der Waals surface area contributed by atoms with Crippen LogP contribution >= 0.6 is 0 Å². The Labute approximate surface area is 320 Å². The normalized spacial score (nSPS) is 12.7. The second-order valence-electron chi connectivity index (χ2n) is 14.8. The standard InChI is InChI=1S/C50H31N5O/c1-6-16-43-35(11-1)36-12-2-7-17-44(36)53(43)33-22-25-47-39(28-33)40-29-34(54-45-18-8-3-13-37(45)38-14-4-9-19-46(38)54)23-26-48(40)52(47)32-21-24-42-31(27-32)30-56-50-51-41-15-5-10-20-49(41)55(42)50/h1-29H,30H2. The molecule has 0 unspecified atom stereocenters. The van der Waals surface area contributed by atoms with Gasteiger partial charge in [-0.1, -0.05) is 84.9 Å². The van der Waals surface area contributed by atoms with E-state index in [1.165, 1.54) is 54.4 Å². The van der Waals surface area contributed by atoms with Gasteiger partial charge in [-0.15, -0.1) is 0 Å². The van der Waals surface area contributed by atoms with E-state index in [0.717, 1.165) is 50.4 Å². The van der Waals surface area contributed by atoms with Crippen LogP contribution in [0.15, 0.2) is 176 Å². The molecule has 0 spiro atoms. The van der Waals surface area contributed by atoms with Gasteiger partial charge in [0, 0.05) is 54.9 Å². The minimum Gasteiger partial charge on any atom is -0.459 e. The van der Waals surface area contributed by atoms with Gasteiger partial charge in [-0.2, -0.15) is 4.98 Å². The Hall–Kier alpha value is -7.57. The molecule has 0 N–H and O–H groups in total. The second-order valence-corrected chi connectivity index (χ2v) is 14.8. The Morgan fingerprint density at radius 3 is 1.29 bits per heavy atom. The van der Waals surface area contributed by atoms with Crippen LogP contribution < -0.4 is 4.74 Å². The highest BCUT2D eigenvalue weighted by Crippen LogP contribution is 2.41. The van der Waals surface area contributed by atoms with Gasteiger partial charge in [0.05, 0.1) is 49.8 Å². The van der Waals surface area contributed by atoms with Crippen molar-refractivity contribution < 1.29 is 4.74 Å². The van der Waals surface area contributed by atoms with Crippen molar-refractivity contribution in [2.45, 2.75) is 6.61 Å². The molecule has 0 atom stereocenters. The summed E-state index contributed by atoms with van der Waals surface area (Å²) in [5.41, 5.74) is 14.6. The number of nitrogens with zero attached hydrogens (tertiary/aromatic N) is 5. The zero-order valence-electron chi connectivity index (χ0n) is 30.1. The zero-order chi connectivity index (χ0) is 36.5. The highest BCUT2D eigenvalue weighted by molar-refractivity contribution is 6.14. The molecule has 0 bridgehead atoms. The number of aromatic nitrogens is 5. The van der Waals surface area contributed by atoms with E-state index in [1.807, 2.05) is 12.1 Å². The van der Waals surface area contributed by atoms with Crippen LogP contribution in [-0.2, 0) is 6.61 Å². The SMILES string of the molecule is c1ccc2c(c1)nc1n2-c2ccc(-n3c4ccc(-n5c6ccccc6c6ccccc65)cc4c4cc(-n5c6ccccc6c6ccccc65)ccc43)cc2CO1. The number of hydrogen-bond donors (Lipinski definition) is 0. The fraction of sp³-hybridized carbons (Fsp3) is 0.0200. The average Bonchev–Trinajstić information content (AvgIpc) is 3.99. The summed E-state index contributed by atoms with van der Waals surface area (Å²) in [6.07, 6.45) is 0. The van der Waals surface area contributed by atoms with Crippen molar-refractivity contribution >= 4 is 76.5 Å². The first kappa shape index (κ1) is 29.8. The number of benzene rings is 8. The first-order chi connectivity index (χ1) is 27.8.